The predicted molar refractivity (Wildman–Crippen MR) is 72.5 cm³/mol. The highest BCUT2D eigenvalue weighted by molar-refractivity contribution is 7.09. The highest BCUT2D eigenvalue weighted by Gasteiger charge is 2.03. The number of imidazole rings is 1. The van der Waals surface area contributed by atoms with Gasteiger partial charge in [-0.05, 0) is 31.7 Å². The Morgan fingerprint density at radius 1 is 1.53 bits per heavy atom. The average molecular weight is 249 g/mol. The zero-order chi connectivity index (χ0) is 12.1. The van der Waals surface area contributed by atoms with Crippen molar-refractivity contribution in [1.29, 1.82) is 0 Å². The van der Waals surface area contributed by atoms with Gasteiger partial charge in [-0.15, -0.1) is 11.3 Å². The number of aromatic nitrogens is 2. The molecule has 0 bridgehead atoms. The van der Waals surface area contributed by atoms with Crippen LogP contribution in [0.15, 0.2) is 29.9 Å². The molecule has 0 radical (unpaired) electrons. The van der Waals surface area contributed by atoms with Crippen LogP contribution in [0.2, 0.25) is 0 Å². The Morgan fingerprint density at radius 2 is 2.41 bits per heavy atom. The van der Waals surface area contributed by atoms with Gasteiger partial charge in [0.05, 0.1) is 0 Å². The Kier molecular flexibility index (Phi) is 4.34. The number of hydrogen-bond acceptors (Lipinski definition) is 3. The van der Waals surface area contributed by atoms with E-state index in [0.717, 1.165) is 25.3 Å². The smallest absolute Gasteiger partial charge is 0.105 e. The first kappa shape index (κ1) is 12.3. The summed E-state index contributed by atoms with van der Waals surface area (Å²) in [5.41, 5.74) is 0. The van der Waals surface area contributed by atoms with E-state index in [4.69, 9.17) is 0 Å². The van der Waals surface area contributed by atoms with E-state index >= 15 is 0 Å². The maximum Gasteiger partial charge on any atom is 0.105 e. The van der Waals surface area contributed by atoms with Crippen LogP contribution in [-0.4, -0.2) is 22.1 Å². The van der Waals surface area contributed by atoms with Crippen LogP contribution >= 0.6 is 11.3 Å². The molecule has 92 valence electrons. The minimum Gasteiger partial charge on any atom is -0.334 e. The first-order chi connectivity index (χ1) is 8.25. The minimum atomic E-state index is 0.525. The Labute approximate surface area is 107 Å². The van der Waals surface area contributed by atoms with E-state index in [2.05, 4.69) is 39.3 Å². The van der Waals surface area contributed by atoms with Gasteiger partial charge in [0.1, 0.15) is 5.82 Å². The Bertz CT molecular complexity index is 433. The molecule has 2 aromatic heterocycles. The van der Waals surface area contributed by atoms with Gasteiger partial charge >= 0.3 is 0 Å². The van der Waals surface area contributed by atoms with Crippen LogP contribution in [0.1, 0.15) is 17.6 Å². The van der Waals surface area contributed by atoms with E-state index < -0.39 is 0 Å². The Balaban J connectivity index is 1.70. The molecule has 0 saturated carbocycles. The number of thiophene rings is 1. The fourth-order valence-electron chi connectivity index (χ4n) is 1.87. The second-order valence-corrected chi connectivity index (χ2v) is 5.34. The maximum atomic E-state index is 4.21. The lowest BCUT2D eigenvalue weighted by atomic mass is 10.2. The minimum absolute atomic E-state index is 0.525. The van der Waals surface area contributed by atoms with Gasteiger partial charge in [0.25, 0.3) is 0 Å². The van der Waals surface area contributed by atoms with Crippen LogP contribution in [-0.2, 0) is 13.0 Å². The maximum absolute atomic E-state index is 4.21. The van der Waals surface area contributed by atoms with E-state index in [-0.39, 0.29) is 0 Å². The fourth-order valence-corrected chi connectivity index (χ4v) is 2.71. The summed E-state index contributed by atoms with van der Waals surface area (Å²) in [6.45, 7) is 6.25. The molecular formula is C13H19N3S. The van der Waals surface area contributed by atoms with E-state index in [9.17, 15) is 0 Å². The number of nitrogens with one attached hydrogen (secondary N) is 1. The zero-order valence-electron chi connectivity index (χ0n) is 10.4. The summed E-state index contributed by atoms with van der Waals surface area (Å²) >= 11 is 1.83. The van der Waals surface area contributed by atoms with Gasteiger partial charge in [0.15, 0.2) is 0 Å². The molecule has 0 fully saturated rings. The predicted octanol–water partition coefficient (Wildman–Crippen LogP) is 2.47. The summed E-state index contributed by atoms with van der Waals surface area (Å²) in [4.78, 5) is 5.66. The molecule has 0 amide bonds. The molecule has 0 aromatic carbocycles. The summed E-state index contributed by atoms with van der Waals surface area (Å²) in [7, 11) is 0. The van der Waals surface area contributed by atoms with Crippen LogP contribution in [0.4, 0.5) is 0 Å². The van der Waals surface area contributed by atoms with Crippen molar-refractivity contribution in [3.63, 3.8) is 0 Å². The number of aryl methyl sites for hydroxylation is 1. The largest absolute Gasteiger partial charge is 0.334 e. The van der Waals surface area contributed by atoms with Crippen LogP contribution in [0, 0.1) is 6.92 Å². The van der Waals surface area contributed by atoms with E-state index in [1.54, 1.807) is 0 Å². The van der Waals surface area contributed by atoms with Crippen molar-refractivity contribution in [2.75, 3.05) is 6.54 Å². The molecule has 2 heterocycles. The Morgan fingerprint density at radius 3 is 3.06 bits per heavy atom. The average Bonchev–Trinajstić information content (AvgIpc) is 2.91. The third kappa shape index (κ3) is 3.68. The lowest BCUT2D eigenvalue weighted by Crippen LogP contribution is -2.30. The molecule has 0 saturated heterocycles. The highest BCUT2D eigenvalue weighted by Crippen LogP contribution is 2.10. The first-order valence-corrected chi connectivity index (χ1v) is 6.87. The standard InChI is InChI=1S/C13H19N3S/c1-11(10-13-4-3-9-17-13)14-5-7-16-8-6-15-12(16)2/h3-4,6,8-9,11,14H,5,7,10H2,1-2H3. The van der Waals surface area contributed by atoms with E-state index in [1.165, 1.54) is 4.88 Å². The van der Waals surface area contributed by atoms with Crippen molar-refractivity contribution in [2.24, 2.45) is 0 Å². The number of hydrogen-bond donors (Lipinski definition) is 1. The molecule has 0 aliphatic carbocycles. The van der Waals surface area contributed by atoms with Gasteiger partial charge in [-0.2, -0.15) is 0 Å². The summed E-state index contributed by atoms with van der Waals surface area (Å²) < 4.78 is 2.17. The SMILES string of the molecule is Cc1nccn1CCNC(C)Cc1cccs1. The molecule has 1 unspecified atom stereocenters. The van der Waals surface area contributed by atoms with Crippen LogP contribution in [0.3, 0.4) is 0 Å². The molecule has 1 atom stereocenters. The number of nitrogens with zero attached hydrogens (tertiary/aromatic N) is 2. The van der Waals surface area contributed by atoms with Gasteiger partial charge < -0.3 is 9.88 Å². The van der Waals surface area contributed by atoms with Gasteiger partial charge in [-0.3, -0.25) is 0 Å². The molecule has 17 heavy (non-hydrogen) atoms. The van der Waals surface area contributed by atoms with Gasteiger partial charge in [0, 0.05) is 36.4 Å². The molecule has 1 N–H and O–H groups in total. The number of rotatable bonds is 6. The highest BCUT2D eigenvalue weighted by atomic mass is 32.1. The lowest BCUT2D eigenvalue weighted by molar-refractivity contribution is 0.511. The molecule has 4 heteroatoms. The second kappa shape index (κ2) is 5.98. The summed E-state index contributed by atoms with van der Waals surface area (Å²) in [5.74, 6) is 1.08. The van der Waals surface area contributed by atoms with Crippen LogP contribution in [0.5, 0.6) is 0 Å². The molecule has 0 spiro atoms. The van der Waals surface area contributed by atoms with Crippen molar-refractivity contribution in [3.8, 4) is 0 Å². The van der Waals surface area contributed by atoms with E-state index in [1.807, 2.05) is 30.7 Å². The molecular weight excluding hydrogens is 230 g/mol. The third-order valence-corrected chi connectivity index (χ3v) is 3.76. The van der Waals surface area contributed by atoms with Crippen molar-refractivity contribution in [1.82, 2.24) is 14.9 Å². The van der Waals surface area contributed by atoms with Crippen molar-refractivity contribution in [2.45, 2.75) is 32.9 Å². The van der Waals surface area contributed by atoms with Gasteiger partial charge in [-0.25, -0.2) is 4.98 Å². The molecule has 2 aromatic rings. The topological polar surface area (TPSA) is 29.9 Å². The zero-order valence-corrected chi connectivity index (χ0v) is 11.2. The van der Waals surface area contributed by atoms with Gasteiger partial charge in [-0.1, -0.05) is 6.07 Å². The Hall–Kier alpha value is -1.13. The summed E-state index contributed by atoms with van der Waals surface area (Å²) in [6, 6.07) is 4.84. The van der Waals surface area contributed by atoms with Crippen LogP contribution < -0.4 is 5.32 Å². The van der Waals surface area contributed by atoms with Crippen molar-refractivity contribution in [3.05, 3.63) is 40.6 Å². The summed E-state index contributed by atoms with van der Waals surface area (Å²) in [5, 5.41) is 5.68. The van der Waals surface area contributed by atoms with Crippen molar-refractivity contribution >= 4 is 11.3 Å². The molecule has 0 aliphatic rings. The van der Waals surface area contributed by atoms with Crippen molar-refractivity contribution < 1.29 is 0 Å². The van der Waals surface area contributed by atoms with Crippen LogP contribution in [0.25, 0.3) is 0 Å². The lowest BCUT2D eigenvalue weighted by Gasteiger charge is -2.13. The fraction of sp³-hybridized carbons (Fsp3) is 0.462. The monoisotopic (exact) mass is 249 g/mol. The summed E-state index contributed by atoms with van der Waals surface area (Å²) in [6.07, 6.45) is 4.99. The van der Waals surface area contributed by atoms with E-state index in [0.29, 0.717) is 6.04 Å². The normalized spacial score (nSPS) is 12.8. The molecule has 2 rings (SSSR count). The second-order valence-electron chi connectivity index (χ2n) is 4.31. The first-order valence-electron chi connectivity index (χ1n) is 5.99. The third-order valence-electron chi connectivity index (χ3n) is 2.86. The van der Waals surface area contributed by atoms with Gasteiger partial charge in [0.2, 0.25) is 0 Å². The quantitative estimate of drug-likeness (QED) is 0.852. The molecule has 3 nitrogen and oxygen atoms in total. The molecule has 0 aliphatic heterocycles.